The first-order valence-electron chi connectivity index (χ1n) is 11.1. The van der Waals surface area contributed by atoms with Crippen LogP contribution in [-0.4, -0.2) is 48.1 Å². The summed E-state index contributed by atoms with van der Waals surface area (Å²) in [7, 11) is 0.927. The highest BCUT2D eigenvalue weighted by molar-refractivity contribution is 9.11. The number of alkyl carbamates (subject to hydrolysis) is 1. The second kappa shape index (κ2) is 11.8. The fraction of sp³-hybridized carbons (Fsp3) is 0.542. The average molecular weight is 593 g/mol. The molecule has 0 aliphatic heterocycles. The third-order valence-electron chi connectivity index (χ3n) is 4.46. The van der Waals surface area contributed by atoms with Gasteiger partial charge < -0.3 is 19.5 Å². The molecule has 36 heavy (non-hydrogen) atoms. The smallest absolute Gasteiger partial charge is 0.416 e. The highest BCUT2D eigenvalue weighted by Crippen LogP contribution is 2.30. The monoisotopic (exact) mass is 591 g/mol. The predicted molar refractivity (Wildman–Crippen MR) is 138 cm³/mol. The van der Waals surface area contributed by atoms with Gasteiger partial charge in [0, 0.05) is 7.11 Å². The van der Waals surface area contributed by atoms with E-state index in [0.29, 0.717) is 14.5 Å². The minimum Gasteiger partial charge on any atom is -0.444 e. The molecule has 12 heteroatoms. The molecule has 2 aromatic rings. The zero-order valence-electron chi connectivity index (χ0n) is 21.4. The Labute approximate surface area is 222 Å². The summed E-state index contributed by atoms with van der Waals surface area (Å²) in [5.41, 5.74) is -1.16. The van der Waals surface area contributed by atoms with Crippen LogP contribution in [0.2, 0.25) is 0 Å². The zero-order chi connectivity index (χ0) is 27.3. The number of anilines is 1. The van der Waals surface area contributed by atoms with Gasteiger partial charge in [-0.25, -0.2) is 14.6 Å². The first-order valence-corrected chi connectivity index (χ1v) is 12.7. The van der Waals surface area contributed by atoms with E-state index in [2.05, 4.69) is 31.0 Å². The van der Waals surface area contributed by atoms with Crippen molar-refractivity contribution in [3.63, 3.8) is 0 Å². The van der Waals surface area contributed by atoms with Crippen molar-refractivity contribution >= 4 is 44.6 Å². The number of alkyl halides is 2. The molecule has 200 valence electrons. The number of hydrogen-bond acceptors (Lipinski definition) is 7. The summed E-state index contributed by atoms with van der Waals surface area (Å²) in [6.07, 6.45) is -2.97. The minimum atomic E-state index is -3.42. The Bertz CT molecular complexity index is 1040. The molecule has 0 bridgehead atoms. The maximum absolute atomic E-state index is 13.8. The molecule has 0 radical (unpaired) electrons. The third kappa shape index (κ3) is 9.62. The van der Waals surface area contributed by atoms with Crippen LogP contribution in [0.1, 0.15) is 52.7 Å². The van der Waals surface area contributed by atoms with Gasteiger partial charge >= 0.3 is 18.3 Å². The molecule has 0 aliphatic rings. The number of hydrogen-bond donors (Lipinski definition) is 1. The maximum atomic E-state index is 13.8. The first-order chi connectivity index (χ1) is 16.5. The number of rotatable bonds is 8. The third-order valence-corrected chi connectivity index (χ3v) is 5.96. The summed E-state index contributed by atoms with van der Waals surface area (Å²) in [6, 6.07) is 4.89. The van der Waals surface area contributed by atoms with E-state index >= 15 is 0 Å². The molecule has 1 aromatic heterocycles. The number of nitrogens with zero attached hydrogens (tertiary/aromatic N) is 2. The molecule has 0 saturated carbocycles. The number of ether oxygens (including phenoxy) is 3. The quantitative estimate of drug-likeness (QED) is 0.378. The highest BCUT2D eigenvalue weighted by atomic mass is 79.9. The lowest BCUT2D eigenvalue weighted by Crippen LogP contribution is -2.49. The second-order valence-electron chi connectivity index (χ2n) is 10.0. The molecule has 1 atom stereocenters. The van der Waals surface area contributed by atoms with Gasteiger partial charge in [0.25, 0.3) is 0 Å². The van der Waals surface area contributed by atoms with E-state index in [9.17, 15) is 18.4 Å². The van der Waals surface area contributed by atoms with E-state index in [1.807, 2.05) is 0 Å². The number of halogens is 3. The van der Waals surface area contributed by atoms with E-state index in [-0.39, 0.29) is 18.5 Å². The van der Waals surface area contributed by atoms with Crippen LogP contribution in [0.15, 0.2) is 34.2 Å². The summed E-state index contributed by atoms with van der Waals surface area (Å²) >= 11 is 4.57. The van der Waals surface area contributed by atoms with E-state index in [0.717, 1.165) is 7.11 Å². The predicted octanol–water partition coefficient (Wildman–Crippen LogP) is 6.48. The van der Waals surface area contributed by atoms with Crippen LogP contribution in [0, 0.1) is 0 Å². The van der Waals surface area contributed by atoms with Crippen molar-refractivity contribution < 1.29 is 32.6 Å². The fourth-order valence-electron chi connectivity index (χ4n) is 3.01. The summed E-state index contributed by atoms with van der Waals surface area (Å²) in [5, 5.41) is 3.15. The number of benzene rings is 1. The molecular formula is C24H32BrF2N3O5S. The summed E-state index contributed by atoms with van der Waals surface area (Å²) in [5.74, 6) is 0. The molecule has 1 heterocycles. The Morgan fingerprint density at radius 1 is 1.08 bits per heavy atom. The lowest BCUT2D eigenvalue weighted by molar-refractivity contribution is -0.231. The number of aromatic nitrogens is 1. The van der Waals surface area contributed by atoms with Crippen molar-refractivity contribution in [2.75, 3.05) is 18.6 Å². The van der Waals surface area contributed by atoms with Gasteiger partial charge in [-0.05, 0) is 69.5 Å². The lowest BCUT2D eigenvalue weighted by atomic mass is 10.0. The van der Waals surface area contributed by atoms with Gasteiger partial charge in [0.1, 0.15) is 11.2 Å². The summed E-state index contributed by atoms with van der Waals surface area (Å²) < 4.78 is 43.6. The molecule has 2 amide bonds. The minimum absolute atomic E-state index is 0.00983. The molecule has 8 nitrogen and oxygen atoms in total. The number of carbonyl (C=O) groups is 2. The van der Waals surface area contributed by atoms with Crippen LogP contribution in [0.4, 0.5) is 23.5 Å². The highest BCUT2D eigenvalue weighted by Gasteiger charge is 2.32. The number of methoxy groups -OCH3 is 1. The summed E-state index contributed by atoms with van der Waals surface area (Å²) in [6.45, 7) is 10.4. The number of carbonyl (C=O) groups excluding carboxylic acids is 2. The van der Waals surface area contributed by atoms with Gasteiger partial charge in [0.2, 0.25) is 0 Å². The van der Waals surface area contributed by atoms with Crippen molar-refractivity contribution in [3.8, 4) is 0 Å². The van der Waals surface area contributed by atoms with E-state index in [1.165, 1.54) is 40.5 Å². The zero-order valence-corrected chi connectivity index (χ0v) is 23.8. The standard InChI is InChI=1S/C24H32BrF2N3O5S/c1-22(2,3)34-20(31)29-17(12-15-8-10-16(11-9-15)24(26,27)33-7)14-30(19-28-13-18(25)36-19)21(32)35-23(4,5)6/h8-11,13,17H,12,14H2,1-7H3,(H,29,31)/t17-/m0/s1. The number of amides is 2. The normalized spacial score (nSPS) is 13.2. The molecule has 0 unspecified atom stereocenters. The van der Waals surface area contributed by atoms with Crippen LogP contribution in [0.3, 0.4) is 0 Å². The number of thiazole rings is 1. The molecule has 0 fully saturated rings. The largest absolute Gasteiger partial charge is 0.444 e. The molecule has 0 saturated heterocycles. The van der Waals surface area contributed by atoms with Crippen molar-refractivity contribution in [2.45, 2.75) is 71.3 Å². The Kier molecular flexibility index (Phi) is 9.83. The maximum Gasteiger partial charge on any atom is 0.416 e. The molecular weight excluding hydrogens is 560 g/mol. The van der Waals surface area contributed by atoms with Gasteiger partial charge in [-0.3, -0.25) is 4.90 Å². The van der Waals surface area contributed by atoms with Gasteiger partial charge in [-0.15, -0.1) is 0 Å². The van der Waals surface area contributed by atoms with Crippen molar-refractivity contribution in [1.82, 2.24) is 10.3 Å². The van der Waals surface area contributed by atoms with Crippen LogP contribution in [0.25, 0.3) is 0 Å². The lowest BCUT2D eigenvalue weighted by Gasteiger charge is -2.30. The van der Waals surface area contributed by atoms with Crippen molar-refractivity contribution in [3.05, 3.63) is 45.4 Å². The van der Waals surface area contributed by atoms with E-state index < -0.39 is 35.5 Å². The van der Waals surface area contributed by atoms with Crippen molar-refractivity contribution in [1.29, 1.82) is 0 Å². The van der Waals surface area contributed by atoms with E-state index in [1.54, 1.807) is 47.7 Å². The van der Waals surface area contributed by atoms with Gasteiger partial charge in [-0.2, -0.15) is 8.78 Å². The van der Waals surface area contributed by atoms with Crippen LogP contribution in [0.5, 0.6) is 0 Å². The number of nitrogens with one attached hydrogen (secondary N) is 1. The average Bonchev–Trinajstić information content (AvgIpc) is 3.15. The Balaban J connectivity index is 2.35. The Morgan fingerprint density at radius 2 is 1.67 bits per heavy atom. The molecule has 2 rings (SSSR count). The van der Waals surface area contributed by atoms with Crippen LogP contribution >= 0.6 is 27.3 Å². The van der Waals surface area contributed by atoms with E-state index in [4.69, 9.17) is 9.47 Å². The Hall–Kier alpha value is -2.31. The fourth-order valence-corrected chi connectivity index (χ4v) is 4.19. The van der Waals surface area contributed by atoms with Crippen LogP contribution < -0.4 is 10.2 Å². The Morgan fingerprint density at radius 3 is 2.14 bits per heavy atom. The molecule has 1 N–H and O–H groups in total. The van der Waals surface area contributed by atoms with Gasteiger partial charge in [-0.1, -0.05) is 35.6 Å². The SMILES string of the molecule is COC(F)(F)c1ccc(C[C@@H](CN(C(=O)OC(C)(C)C)c2ncc(Br)s2)NC(=O)OC(C)(C)C)cc1. The second-order valence-corrected chi connectivity index (χ2v) is 12.4. The van der Waals surface area contributed by atoms with Gasteiger partial charge in [0.15, 0.2) is 5.13 Å². The molecule has 0 aliphatic carbocycles. The van der Waals surface area contributed by atoms with Gasteiger partial charge in [0.05, 0.1) is 28.1 Å². The first kappa shape index (κ1) is 29.9. The summed E-state index contributed by atoms with van der Waals surface area (Å²) in [4.78, 5) is 31.3. The topological polar surface area (TPSA) is 90.0 Å². The van der Waals surface area contributed by atoms with Crippen molar-refractivity contribution in [2.24, 2.45) is 0 Å². The van der Waals surface area contributed by atoms with Crippen LogP contribution in [-0.2, 0) is 26.7 Å². The molecule has 0 spiro atoms. The molecule has 1 aromatic carbocycles.